The monoisotopic (exact) mass is 372 g/mol. The number of alkyl halides is 1. The summed E-state index contributed by atoms with van der Waals surface area (Å²) in [6.07, 6.45) is 1.51. The Balaban J connectivity index is 2.16. The van der Waals surface area contributed by atoms with Crippen LogP contribution in [-0.4, -0.2) is 10.9 Å². The number of anilines is 1. The van der Waals surface area contributed by atoms with Gasteiger partial charge in [-0.05, 0) is 29.8 Å². The Morgan fingerprint density at radius 2 is 2.17 bits per heavy atom. The van der Waals surface area contributed by atoms with Crippen LogP contribution in [0.15, 0.2) is 42.6 Å². The molecule has 0 bridgehead atoms. The number of carbonyl (C=O) groups excluding carboxylic acids is 1. The maximum atomic E-state index is 12.0. The van der Waals surface area contributed by atoms with E-state index in [-0.39, 0.29) is 5.91 Å². The third kappa shape index (κ3) is 3.43. The van der Waals surface area contributed by atoms with Gasteiger partial charge in [0, 0.05) is 21.9 Å². The third-order valence-corrected chi connectivity index (χ3v) is 3.42. The molecule has 1 N–H and O–H groups in total. The van der Waals surface area contributed by atoms with Gasteiger partial charge in [-0.15, -0.1) is 0 Å². The summed E-state index contributed by atoms with van der Waals surface area (Å²) in [6, 6.07) is 10.9. The molecule has 0 aliphatic rings. The second-order valence-corrected chi connectivity index (χ2v) is 4.81. The van der Waals surface area contributed by atoms with Crippen molar-refractivity contribution in [2.45, 2.75) is 4.43 Å². The molecule has 0 aliphatic heterocycles. The summed E-state index contributed by atoms with van der Waals surface area (Å²) >= 11 is 8.03. The number of hydrogen-bond acceptors (Lipinski definition) is 2. The summed E-state index contributed by atoms with van der Waals surface area (Å²) in [5.41, 5.74) is 2.44. The molecular weight excluding hydrogens is 363 g/mol. The smallest absolute Gasteiger partial charge is 0.255 e. The molecule has 92 valence electrons. The first kappa shape index (κ1) is 13.3. The topological polar surface area (TPSA) is 42.0 Å². The number of nitrogens with zero attached hydrogens (tertiary/aromatic N) is 1. The van der Waals surface area contributed by atoms with E-state index < -0.39 is 0 Å². The van der Waals surface area contributed by atoms with Gasteiger partial charge < -0.3 is 5.32 Å². The highest BCUT2D eigenvalue weighted by molar-refractivity contribution is 14.1. The number of benzene rings is 1. The largest absolute Gasteiger partial charge is 0.322 e. The lowest BCUT2D eigenvalue weighted by Crippen LogP contribution is -2.12. The first-order valence-corrected chi connectivity index (χ1v) is 7.17. The fourth-order valence-corrected chi connectivity index (χ4v) is 2.13. The zero-order valence-electron chi connectivity index (χ0n) is 9.36. The van der Waals surface area contributed by atoms with E-state index in [0.717, 1.165) is 10.1 Å². The summed E-state index contributed by atoms with van der Waals surface area (Å²) in [5, 5.41) is 3.14. The van der Waals surface area contributed by atoms with Gasteiger partial charge in [-0.3, -0.25) is 4.79 Å². The van der Waals surface area contributed by atoms with Crippen molar-refractivity contribution in [3.8, 4) is 0 Å². The van der Waals surface area contributed by atoms with Crippen molar-refractivity contribution in [1.29, 1.82) is 0 Å². The normalized spacial score (nSPS) is 10.1. The number of amides is 1. The highest BCUT2D eigenvalue weighted by atomic mass is 127. The van der Waals surface area contributed by atoms with Crippen molar-refractivity contribution in [1.82, 2.24) is 4.98 Å². The lowest BCUT2D eigenvalue weighted by molar-refractivity contribution is 0.102. The van der Waals surface area contributed by atoms with E-state index in [1.807, 2.05) is 24.3 Å². The minimum Gasteiger partial charge on any atom is -0.322 e. The van der Waals surface area contributed by atoms with E-state index in [1.54, 1.807) is 12.1 Å². The maximum Gasteiger partial charge on any atom is 0.255 e. The Morgan fingerprint density at radius 3 is 2.89 bits per heavy atom. The van der Waals surface area contributed by atoms with Gasteiger partial charge in [-0.2, -0.15) is 0 Å². The number of aromatic nitrogens is 1. The van der Waals surface area contributed by atoms with Crippen LogP contribution in [0, 0.1) is 0 Å². The number of halogens is 2. The van der Waals surface area contributed by atoms with Crippen LogP contribution < -0.4 is 5.32 Å². The minimum atomic E-state index is -0.190. The third-order valence-electron chi connectivity index (χ3n) is 2.33. The Kier molecular flexibility index (Phi) is 4.54. The van der Waals surface area contributed by atoms with Crippen LogP contribution >= 0.6 is 34.2 Å². The van der Waals surface area contributed by atoms with Gasteiger partial charge in [0.05, 0.1) is 0 Å². The van der Waals surface area contributed by atoms with Crippen LogP contribution in [0.2, 0.25) is 5.15 Å². The minimum absolute atomic E-state index is 0.190. The van der Waals surface area contributed by atoms with Crippen LogP contribution in [0.4, 0.5) is 5.69 Å². The molecule has 0 fully saturated rings. The van der Waals surface area contributed by atoms with Gasteiger partial charge in [0.15, 0.2) is 0 Å². The lowest BCUT2D eigenvalue weighted by atomic mass is 10.2. The van der Waals surface area contributed by atoms with Gasteiger partial charge in [-0.25, -0.2) is 4.98 Å². The predicted molar refractivity (Wildman–Crippen MR) is 81.4 cm³/mol. The average Bonchev–Trinajstić information content (AvgIpc) is 2.39. The zero-order valence-corrected chi connectivity index (χ0v) is 12.3. The van der Waals surface area contributed by atoms with E-state index in [9.17, 15) is 4.79 Å². The van der Waals surface area contributed by atoms with Crippen molar-refractivity contribution in [3.63, 3.8) is 0 Å². The summed E-state index contributed by atoms with van der Waals surface area (Å²) in [4.78, 5) is 15.8. The molecule has 0 atom stereocenters. The van der Waals surface area contributed by atoms with Crippen molar-refractivity contribution in [3.05, 3.63) is 58.9 Å². The van der Waals surface area contributed by atoms with Gasteiger partial charge >= 0.3 is 0 Å². The number of nitrogens with one attached hydrogen (secondary N) is 1. The first-order valence-electron chi connectivity index (χ1n) is 5.27. The first-order chi connectivity index (χ1) is 8.69. The predicted octanol–water partition coefficient (Wildman–Crippen LogP) is 3.92. The highest BCUT2D eigenvalue weighted by Crippen LogP contribution is 2.15. The molecule has 1 aromatic heterocycles. The van der Waals surface area contributed by atoms with E-state index in [0.29, 0.717) is 10.7 Å². The highest BCUT2D eigenvalue weighted by Gasteiger charge is 2.07. The standard InChI is InChI=1S/C13H10ClIN2O/c14-12-7-10(4-5-16-12)13(18)17-11-3-1-2-9(6-11)8-15/h1-7H,8H2,(H,17,18). The Hall–Kier alpha value is -1.14. The van der Waals surface area contributed by atoms with Crippen molar-refractivity contribution in [2.24, 2.45) is 0 Å². The molecule has 2 aromatic rings. The molecule has 18 heavy (non-hydrogen) atoms. The summed E-state index contributed by atoms with van der Waals surface area (Å²) in [5.74, 6) is -0.190. The van der Waals surface area contributed by atoms with Crippen LogP contribution in [-0.2, 0) is 4.43 Å². The van der Waals surface area contributed by atoms with E-state index in [1.165, 1.54) is 11.8 Å². The molecule has 1 amide bonds. The van der Waals surface area contributed by atoms with Crippen molar-refractivity contribution in [2.75, 3.05) is 5.32 Å². The number of pyridine rings is 1. The molecule has 3 nitrogen and oxygen atoms in total. The van der Waals surface area contributed by atoms with Crippen LogP contribution in [0.25, 0.3) is 0 Å². The van der Waals surface area contributed by atoms with E-state index >= 15 is 0 Å². The summed E-state index contributed by atoms with van der Waals surface area (Å²) in [7, 11) is 0. The molecule has 5 heteroatoms. The Labute approximate surface area is 124 Å². The second kappa shape index (κ2) is 6.15. The molecule has 0 unspecified atom stereocenters. The molecule has 0 saturated heterocycles. The number of rotatable bonds is 3. The quantitative estimate of drug-likeness (QED) is 0.504. The van der Waals surface area contributed by atoms with Crippen molar-refractivity contribution < 1.29 is 4.79 Å². The van der Waals surface area contributed by atoms with Gasteiger partial charge in [-0.1, -0.05) is 46.3 Å². The van der Waals surface area contributed by atoms with E-state index in [2.05, 4.69) is 32.9 Å². The fraction of sp³-hybridized carbons (Fsp3) is 0.0769. The van der Waals surface area contributed by atoms with Crippen LogP contribution in [0.3, 0.4) is 0 Å². The summed E-state index contributed by atoms with van der Waals surface area (Å²) in [6.45, 7) is 0. The van der Waals surface area contributed by atoms with Gasteiger partial charge in [0.25, 0.3) is 5.91 Å². The van der Waals surface area contributed by atoms with Gasteiger partial charge in [0.2, 0.25) is 0 Å². The Morgan fingerprint density at radius 1 is 1.33 bits per heavy atom. The molecule has 0 spiro atoms. The molecule has 1 heterocycles. The Bertz CT molecular complexity index is 574. The SMILES string of the molecule is O=C(Nc1cccc(CI)c1)c1ccnc(Cl)c1. The van der Waals surface area contributed by atoms with Crippen LogP contribution in [0.5, 0.6) is 0 Å². The molecular formula is C13H10ClIN2O. The number of carbonyl (C=O) groups is 1. The molecule has 1 aromatic carbocycles. The lowest BCUT2D eigenvalue weighted by Gasteiger charge is -2.06. The van der Waals surface area contributed by atoms with E-state index in [4.69, 9.17) is 11.6 Å². The molecule has 0 saturated carbocycles. The maximum absolute atomic E-state index is 12.0. The fourth-order valence-electron chi connectivity index (χ4n) is 1.48. The number of hydrogen-bond donors (Lipinski definition) is 1. The second-order valence-electron chi connectivity index (χ2n) is 3.66. The zero-order chi connectivity index (χ0) is 13.0. The van der Waals surface area contributed by atoms with Crippen LogP contribution in [0.1, 0.15) is 15.9 Å². The van der Waals surface area contributed by atoms with Crippen molar-refractivity contribution >= 4 is 45.8 Å². The molecule has 0 radical (unpaired) electrons. The van der Waals surface area contributed by atoms with Gasteiger partial charge in [0.1, 0.15) is 5.15 Å². The molecule has 2 rings (SSSR count). The average molecular weight is 373 g/mol. The summed E-state index contributed by atoms with van der Waals surface area (Å²) < 4.78 is 0.905. The molecule has 0 aliphatic carbocycles.